The minimum atomic E-state index is -0.565. The Morgan fingerprint density at radius 2 is 2.12 bits per heavy atom. The molecule has 0 radical (unpaired) electrons. The van der Waals surface area contributed by atoms with Gasteiger partial charge in [0.15, 0.2) is 5.69 Å². The van der Waals surface area contributed by atoms with Gasteiger partial charge in [-0.1, -0.05) is 0 Å². The van der Waals surface area contributed by atoms with Crippen molar-refractivity contribution >= 4 is 17.8 Å². The Labute approximate surface area is 151 Å². The summed E-state index contributed by atoms with van der Waals surface area (Å²) >= 11 is 0. The van der Waals surface area contributed by atoms with E-state index in [9.17, 15) is 9.59 Å². The van der Waals surface area contributed by atoms with Gasteiger partial charge in [0, 0.05) is 30.4 Å². The van der Waals surface area contributed by atoms with Crippen LogP contribution in [0.5, 0.6) is 0 Å². The summed E-state index contributed by atoms with van der Waals surface area (Å²) in [7, 11) is 0. The van der Waals surface area contributed by atoms with Gasteiger partial charge in [-0.2, -0.15) is 5.10 Å². The lowest BCUT2D eigenvalue weighted by Gasteiger charge is -2.30. The molecule has 8 nitrogen and oxygen atoms in total. The zero-order chi connectivity index (χ0) is 18.9. The normalized spacial score (nSPS) is 13.9. The van der Waals surface area contributed by atoms with Gasteiger partial charge >= 0.3 is 6.09 Å². The molecule has 0 bridgehead atoms. The van der Waals surface area contributed by atoms with Crippen LogP contribution in [0.25, 0.3) is 0 Å². The number of carbonyl (C=O) groups excluding carboxylic acids is 2. The van der Waals surface area contributed by atoms with Gasteiger partial charge in [-0.25, -0.2) is 9.78 Å². The van der Waals surface area contributed by atoms with Gasteiger partial charge in [-0.15, -0.1) is 0 Å². The first-order valence-electron chi connectivity index (χ1n) is 8.51. The average Bonchev–Trinajstić information content (AvgIpc) is 2.96. The standard InChI is InChI=1S/C18H23N5O3/c1-11-5-7-19-14(9-11)20-16(24)15-12-10-23(8-6-13(12)21-22-15)17(25)26-18(2,3)4/h5,7,9H,6,8,10H2,1-4H3,(H,21,22)(H,19,20,24). The van der Waals surface area contributed by atoms with Crippen LogP contribution in [0.2, 0.25) is 0 Å². The van der Waals surface area contributed by atoms with Crippen LogP contribution in [0.1, 0.15) is 48.1 Å². The Balaban J connectivity index is 1.75. The molecule has 2 aromatic rings. The molecule has 0 saturated carbocycles. The van der Waals surface area contributed by atoms with Crippen molar-refractivity contribution in [1.29, 1.82) is 0 Å². The second kappa shape index (κ2) is 6.78. The zero-order valence-electron chi connectivity index (χ0n) is 15.4. The quantitative estimate of drug-likeness (QED) is 0.861. The number of hydrogen-bond donors (Lipinski definition) is 2. The van der Waals surface area contributed by atoms with E-state index in [-0.39, 0.29) is 18.1 Å². The topological polar surface area (TPSA) is 100 Å². The maximum atomic E-state index is 12.6. The Morgan fingerprint density at radius 3 is 2.81 bits per heavy atom. The first-order valence-corrected chi connectivity index (χ1v) is 8.51. The molecule has 2 aromatic heterocycles. The third-order valence-corrected chi connectivity index (χ3v) is 3.96. The Kier molecular flexibility index (Phi) is 4.67. The van der Waals surface area contributed by atoms with Crippen LogP contribution < -0.4 is 5.32 Å². The molecule has 2 N–H and O–H groups in total. The van der Waals surface area contributed by atoms with Gasteiger partial charge in [0.05, 0.1) is 6.54 Å². The van der Waals surface area contributed by atoms with E-state index in [0.717, 1.165) is 11.3 Å². The molecule has 1 aliphatic heterocycles. The lowest BCUT2D eigenvalue weighted by Crippen LogP contribution is -2.40. The summed E-state index contributed by atoms with van der Waals surface area (Å²) in [5.74, 6) is 0.109. The fourth-order valence-corrected chi connectivity index (χ4v) is 2.75. The SMILES string of the molecule is Cc1ccnc(NC(=O)c2n[nH]c3c2CN(C(=O)OC(C)(C)C)CC3)c1. The number of aryl methyl sites for hydroxylation is 1. The molecule has 0 saturated heterocycles. The van der Waals surface area contributed by atoms with Crippen molar-refractivity contribution in [2.45, 2.75) is 46.3 Å². The van der Waals surface area contributed by atoms with Gasteiger partial charge in [-0.3, -0.25) is 9.89 Å². The summed E-state index contributed by atoms with van der Waals surface area (Å²) in [6.45, 7) is 8.20. The predicted octanol–water partition coefficient (Wildman–Crippen LogP) is 2.66. The molecule has 0 aliphatic carbocycles. The van der Waals surface area contributed by atoms with Crippen molar-refractivity contribution in [2.75, 3.05) is 11.9 Å². The van der Waals surface area contributed by atoms with E-state index in [1.54, 1.807) is 17.2 Å². The maximum Gasteiger partial charge on any atom is 0.410 e. The summed E-state index contributed by atoms with van der Waals surface area (Å²) in [4.78, 5) is 30.6. The highest BCUT2D eigenvalue weighted by atomic mass is 16.6. The van der Waals surface area contributed by atoms with E-state index in [1.807, 2.05) is 33.8 Å². The van der Waals surface area contributed by atoms with Crippen molar-refractivity contribution in [3.05, 3.63) is 40.8 Å². The summed E-state index contributed by atoms with van der Waals surface area (Å²) in [6.07, 6.45) is 1.84. The number of hydrogen-bond acceptors (Lipinski definition) is 5. The number of amides is 2. The molecule has 0 aromatic carbocycles. The zero-order valence-corrected chi connectivity index (χ0v) is 15.4. The largest absolute Gasteiger partial charge is 0.444 e. The van der Waals surface area contributed by atoms with Crippen LogP contribution in [0, 0.1) is 6.92 Å². The fraction of sp³-hybridized carbons (Fsp3) is 0.444. The van der Waals surface area contributed by atoms with Crippen molar-refractivity contribution in [2.24, 2.45) is 0 Å². The molecule has 0 unspecified atom stereocenters. The molecular formula is C18H23N5O3. The van der Waals surface area contributed by atoms with Crippen LogP contribution >= 0.6 is 0 Å². The van der Waals surface area contributed by atoms with Crippen molar-refractivity contribution < 1.29 is 14.3 Å². The van der Waals surface area contributed by atoms with E-state index in [2.05, 4.69) is 20.5 Å². The highest BCUT2D eigenvalue weighted by Crippen LogP contribution is 2.23. The van der Waals surface area contributed by atoms with E-state index in [4.69, 9.17) is 4.74 Å². The Morgan fingerprint density at radius 1 is 1.35 bits per heavy atom. The monoisotopic (exact) mass is 357 g/mol. The van der Waals surface area contributed by atoms with Crippen LogP contribution in [-0.4, -0.2) is 44.2 Å². The predicted molar refractivity (Wildman–Crippen MR) is 95.9 cm³/mol. The number of H-pyrrole nitrogens is 1. The number of pyridine rings is 1. The molecule has 3 heterocycles. The van der Waals surface area contributed by atoms with E-state index >= 15 is 0 Å². The van der Waals surface area contributed by atoms with Crippen LogP contribution in [-0.2, 0) is 17.7 Å². The molecule has 8 heteroatoms. The van der Waals surface area contributed by atoms with Crippen molar-refractivity contribution in [3.63, 3.8) is 0 Å². The number of fused-ring (bicyclic) bond motifs is 1. The number of aromatic amines is 1. The number of nitrogens with zero attached hydrogens (tertiary/aromatic N) is 3. The molecular weight excluding hydrogens is 334 g/mol. The van der Waals surface area contributed by atoms with Gasteiger partial charge < -0.3 is 15.0 Å². The van der Waals surface area contributed by atoms with Gasteiger partial charge in [0.2, 0.25) is 0 Å². The van der Waals surface area contributed by atoms with E-state index < -0.39 is 11.7 Å². The van der Waals surface area contributed by atoms with Crippen molar-refractivity contribution in [1.82, 2.24) is 20.1 Å². The number of aromatic nitrogens is 3. The number of ether oxygens (including phenoxy) is 1. The lowest BCUT2D eigenvalue weighted by atomic mass is 10.1. The van der Waals surface area contributed by atoms with Crippen LogP contribution in [0.15, 0.2) is 18.3 Å². The van der Waals surface area contributed by atoms with Crippen molar-refractivity contribution in [3.8, 4) is 0 Å². The number of nitrogens with one attached hydrogen (secondary N) is 2. The van der Waals surface area contributed by atoms with E-state index in [1.165, 1.54) is 0 Å². The molecule has 0 fully saturated rings. The molecule has 0 atom stereocenters. The van der Waals surface area contributed by atoms with Gasteiger partial charge in [0.1, 0.15) is 11.4 Å². The Hall–Kier alpha value is -2.90. The molecule has 2 amide bonds. The number of carbonyl (C=O) groups is 2. The van der Waals surface area contributed by atoms with Gasteiger partial charge in [0.25, 0.3) is 5.91 Å². The highest BCUT2D eigenvalue weighted by molar-refractivity contribution is 6.03. The van der Waals surface area contributed by atoms with Gasteiger partial charge in [-0.05, 0) is 45.4 Å². The number of anilines is 1. The minimum absolute atomic E-state index is 0.275. The van der Waals surface area contributed by atoms with Crippen LogP contribution in [0.4, 0.5) is 10.6 Å². The highest BCUT2D eigenvalue weighted by Gasteiger charge is 2.30. The summed E-state index contributed by atoms with van der Waals surface area (Å²) in [5.41, 5.74) is 2.29. The summed E-state index contributed by atoms with van der Waals surface area (Å²) in [5, 5.41) is 9.79. The summed E-state index contributed by atoms with van der Waals surface area (Å²) < 4.78 is 5.42. The molecule has 3 rings (SSSR count). The minimum Gasteiger partial charge on any atom is -0.444 e. The first kappa shape index (κ1) is 17.9. The second-order valence-electron chi connectivity index (χ2n) is 7.35. The smallest absolute Gasteiger partial charge is 0.410 e. The third-order valence-electron chi connectivity index (χ3n) is 3.96. The average molecular weight is 357 g/mol. The number of rotatable bonds is 2. The molecule has 1 aliphatic rings. The first-order chi connectivity index (χ1) is 12.2. The Bertz CT molecular complexity index is 838. The van der Waals surface area contributed by atoms with E-state index in [0.29, 0.717) is 24.3 Å². The second-order valence-corrected chi connectivity index (χ2v) is 7.35. The molecule has 0 spiro atoms. The molecule has 26 heavy (non-hydrogen) atoms. The lowest BCUT2D eigenvalue weighted by molar-refractivity contribution is 0.0222. The maximum absolute atomic E-state index is 12.6. The molecule has 138 valence electrons. The fourth-order valence-electron chi connectivity index (χ4n) is 2.75. The summed E-state index contributed by atoms with van der Waals surface area (Å²) in [6, 6.07) is 3.63. The van der Waals surface area contributed by atoms with Crippen LogP contribution in [0.3, 0.4) is 0 Å². The third kappa shape index (κ3) is 4.01.